The Labute approximate surface area is 138 Å². The molecule has 1 N–H and O–H groups in total. The number of ether oxygens (including phenoxy) is 2. The van der Waals surface area contributed by atoms with Crippen molar-refractivity contribution in [3.63, 3.8) is 0 Å². The van der Waals surface area contributed by atoms with Crippen LogP contribution in [0.3, 0.4) is 0 Å². The van der Waals surface area contributed by atoms with E-state index < -0.39 is 5.82 Å². The molecule has 2 aromatic rings. The van der Waals surface area contributed by atoms with Gasteiger partial charge < -0.3 is 14.8 Å². The van der Waals surface area contributed by atoms with E-state index in [0.717, 1.165) is 0 Å². The van der Waals surface area contributed by atoms with Crippen LogP contribution in [0.2, 0.25) is 0 Å². The third-order valence-corrected chi connectivity index (χ3v) is 3.57. The molecule has 6 heteroatoms. The number of rotatable bonds is 5. The Kier molecular flexibility index (Phi) is 4.74. The summed E-state index contributed by atoms with van der Waals surface area (Å²) in [6, 6.07) is 10.4. The van der Waals surface area contributed by atoms with Gasteiger partial charge in [0, 0.05) is 30.2 Å². The summed E-state index contributed by atoms with van der Waals surface area (Å²) in [6.45, 7) is 0.973. The summed E-state index contributed by atoms with van der Waals surface area (Å²) >= 11 is 0. The molecule has 0 saturated carbocycles. The van der Waals surface area contributed by atoms with E-state index in [4.69, 9.17) is 9.47 Å². The predicted molar refractivity (Wildman–Crippen MR) is 86.0 cm³/mol. The number of hydrogen-bond donors (Lipinski definition) is 1. The summed E-state index contributed by atoms with van der Waals surface area (Å²) < 4.78 is 23.7. The van der Waals surface area contributed by atoms with Gasteiger partial charge in [-0.05, 0) is 36.4 Å². The molecule has 1 aliphatic rings. The van der Waals surface area contributed by atoms with Gasteiger partial charge in [0.15, 0.2) is 17.3 Å². The molecule has 1 heterocycles. The van der Waals surface area contributed by atoms with Gasteiger partial charge in [-0.15, -0.1) is 0 Å². The van der Waals surface area contributed by atoms with E-state index in [1.165, 1.54) is 24.3 Å². The van der Waals surface area contributed by atoms with E-state index in [-0.39, 0.29) is 24.5 Å². The highest BCUT2D eigenvalue weighted by molar-refractivity contribution is 6.00. The summed E-state index contributed by atoms with van der Waals surface area (Å²) in [4.78, 5) is 23.9. The van der Waals surface area contributed by atoms with Crippen LogP contribution < -0.4 is 14.8 Å². The number of carbonyl (C=O) groups is 2. The maximum atomic E-state index is 12.8. The van der Waals surface area contributed by atoms with Crippen molar-refractivity contribution in [2.45, 2.75) is 12.8 Å². The number of halogens is 1. The monoisotopic (exact) mass is 329 g/mol. The SMILES string of the molecule is O=C(CCC(=O)c1ccc(F)cc1)Nc1ccc2c(c1)OCCO2. The number of Topliss-reactive ketones (excluding diaryl/α,β-unsaturated/α-hetero) is 1. The van der Waals surface area contributed by atoms with Gasteiger partial charge in [-0.25, -0.2) is 4.39 Å². The van der Waals surface area contributed by atoms with Crippen LogP contribution in [0, 0.1) is 5.82 Å². The van der Waals surface area contributed by atoms with Gasteiger partial charge in [0.05, 0.1) is 0 Å². The number of ketones is 1. The second-order valence-corrected chi connectivity index (χ2v) is 5.34. The summed E-state index contributed by atoms with van der Waals surface area (Å²) in [5, 5.41) is 2.72. The predicted octanol–water partition coefficient (Wildman–Crippen LogP) is 3.20. The van der Waals surface area contributed by atoms with Crippen molar-refractivity contribution in [3.05, 3.63) is 53.8 Å². The minimum atomic E-state index is -0.400. The van der Waals surface area contributed by atoms with Gasteiger partial charge >= 0.3 is 0 Å². The van der Waals surface area contributed by atoms with Crippen molar-refractivity contribution in [3.8, 4) is 11.5 Å². The third kappa shape index (κ3) is 3.90. The highest BCUT2D eigenvalue weighted by atomic mass is 19.1. The number of benzene rings is 2. The van der Waals surface area contributed by atoms with Crippen LogP contribution in [0.1, 0.15) is 23.2 Å². The number of carbonyl (C=O) groups excluding carboxylic acids is 2. The topological polar surface area (TPSA) is 64.6 Å². The molecule has 0 radical (unpaired) electrons. The lowest BCUT2D eigenvalue weighted by molar-refractivity contribution is -0.116. The van der Waals surface area contributed by atoms with Crippen molar-refractivity contribution >= 4 is 17.4 Å². The van der Waals surface area contributed by atoms with Crippen LogP contribution in [-0.4, -0.2) is 24.9 Å². The minimum absolute atomic E-state index is 0.0463. The summed E-state index contributed by atoms with van der Waals surface area (Å²) in [6.07, 6.45) is 0.104. The molecule has 0 spiro atoms. The lowest BCUT2D eigenvalue weighted by Gasteiger charge is -2.19. The fraction of sp³-hybridized carbons (Fsp3) is 0.222. The minimum Gasteiger partial charge on any atom is -0.486 e. The van der Waals surface area contributed by atoms with Crippen molar-refractivity contribution in [1.82, 2.24) is 0 Å². The molecule has 5 nitrogen and oxygen atoms in total. The first-order valence-electron chi connectivity index (χ1n) is 7.60. The molecule has 0 aliphatic carbocycles. The Morgan fingerprint density at radius 3 is 2.42 bits per heavy atom. The molecule has 124 valence electrons. The van der Waals surface area contributed by atoms with Crippen LogP contribution in [0.15, 0.2) is 42.5 Å². The first-order valence-corrected chi connectivity index (χ1v) is 7.60. The quantitative estimate of drug-likeness (QED) is 0.856. The molecule has 0 bridgehead atoms. The third-order valence-electron chi connectivity index (χ3n) is 3.57. The maximum absolute atomic E-state index is 12.8. The molecular formula is C18H16FNO4. The number of amides is 1. The van der Waals surface area contributed by atoms with Crippen LogP contribution in [-0.2, 0) is 4.79 Å². The average molecular weight is 329 g/mol. The Morgan fingerprint density at radius 1 is 0.958 bits per heavy atom. The van der Waals surface area contributed by atoms with Crippen LogP contribution in [0.4, 0.5) is 10.1 Å². The van der Waals surface area contributed by atoms with Crippen molar-refractivity contribution in [1.29, 1.82) is 0 Å². The molecular weight excluding hydrogens is 313 g/mol. The molecule has 24 heavy (non-hydrogen) atoms. The first-order chi connectivity index (χ1) is 11.6. The van der Waals surface area contributed by atoms with Crippen LogP contribution in [0.25, 0.3) is 0 Å². The van der Waals surface area contributed by atoms with E-state index >= 15 is 0 Å². The van der Waals surface area contributed by atoms with E-state index in [1.54, 1.807) is 18.2 Å². The molecule has 0 unspecified atom stereocenters. The highest BCUT2D eigenvalue weighted by Gasteiger charge is 2.14. The van der Waals surface area contributed by atoms with Gasteiger partial charge in [0.1, 0.15) is 19.0 Å². The first kappa shape index (κ1) is 16.0. The molecule has 0 fully saturated rings. The summed E-state index contributed by atoms with van der Waals surface area (Å²) in [7, 11) is 0. The standard InChI is InChI=1S/C18H16FNO4/c19-13-3-1-12(2-4-13)15(21)6-8-18(22)20-14-5-7-16-17(11-14)24-10-9-23-16/h1-5,7,11H,6,8-10H2,(H,20,22). The Bertz CT molecular complexity index is 758. The molecule has 2 aromatic carbocycles. The fourth-order valence-electron chi connectivity index (χ4n) is 2.35. The second-order valence-electron chi connectivity index (χ2n) is 5.34. The largest absolute Gasteiger partial charge is 0.486 e. The van der Waals surface area contributed by atoms with Crippen LogP contribution >= 0.6 is 0 Å². The Hall–Kier alpha value is -2.89. The maximum Gasteiger partial charge on any atom is 0.224 e. The zero-order valence-corrected chi connectivity index (χ0v) is 12.9. The average Bonchev–Trinajstić information content (AvgIpc) is 2.60. The zero-order chi connectivity index (χ0) is 16.9. The molecule has 0 atom stereocenters. The van der Waals surface area contributed by atoms with Crippen LogP contribution in [0.5, 0.6) is 11.5 Å². The molecule has 0 aromatic heterocycles. The lowest BCUT2D eigenvalue weighted by atomic mass is 10.1. The Balaban J connectivity index is 1.54. The van der Waals surface area contributed by atoms with E-state index in [2.05, 4.69) is 5.32 Å². The van der Waals surface area contributed by atoms with Gasteiger partial charge in [0.2, 0.25) is 5.91 Å². The summed E-state index contributed by atoms with van der Waals surface area (Å²) in [5.41, 5.74) is 0.974. The molecule has 1 amide bonds. The van der Waals surface area contributed by atoms with Crippen molar-refractivity contribution in [2.24, 2.45) is 0 Å². The van der Waals surface area contributed by atoms with Crippen molar-refractivity contribution < 1.29 is 23.5 Å². The van der Waals surface area contributed by atoms with E-state index in [0.29, 0.717) is 36.0 Å². The molecule has 3 rings (SSSR count). The molecule has 0 saturated heterocycles. The fourth-order valence-corrected chi connectivity index (χ4v) is 2.35. The number of fused-ring (bicyclic) bond motifs is 1. The van der Waals surface area contributed by atoms with Gasteiger partial charge in [-0.3, -0.25) is 9.59 Å². The van der Waals surface area contributed by atoms with Gasteiger partial charge in [-0.1, -0.05) is 0 Å². The number of anilines is 1. The van der Waals surface area contributed by atoms with Gasteiger partial charge in [-0.2, -0.15) is 0 Å². The van der Waals surface area contributed by atoms with E-state index in [1.807, 2.05) is 0 Å². The second kappa shape index (κ2) is 7.12. The lowest BCUT2D eigenvalue weighted by Crippen LogP contribution is -2.16. The molecule has 1 aliphatic heterocycles. The smallest absolute Gasteiger partial charge is 0.224 e. The number of nitrogens with one attached hydrogen (secondary N) is 1. The van der Waals surface area contributed by atoms with Gasteiger partial charge in [0.25, 0.3) is 0 Å². The summed E-state index contributed by atoms with van der Waals surface area (Å²) in [5.74, 6) is 0.351. The highest BCUT2D eigenvalue weighted by Crippen LogP contribution is 2.32. The van der Waals surface area contributed by atoms with Crippen molar-refractivity contribution in [2.75, 3.05) is 18.5 Å². The zero-order valence-electron chi connectivity index (χ0n) is 12.9. The number of hydrogen-bond acceptors (Lipinski definition) is 4. The van der Waals surface area contributed by atoms with E-state index in [9.17, 15) is 14.0 Å². The normalized spacial score (nSPS) is 12.5. The Morgan fingerprint density at radius 2 is 1.67 bits per heavy atom.